The maximum absolute atomic E-state index is 3.57. The van der Waals surface area contributed by atoms with Gasteiger partial charge in [0.25, 0.3) is 0 Å². The first-order valence-electron chi connectivity index (χ1n) is 9.43. The van der Waals surface area contributed by atoms with Crippen LogP contribution in [0.25, 0.3) is 0 Å². The van der Waals surface area contributed by atoms with E-state index in [1.165, 1.54) is 41.5 Å². The van der Waals surface area contributed by atoms with Crippen molar-refractivity contribution in [3.63, 3.8) is 0 Å². The molecular formula is C23H29N. The van der Waals surface area contributed by atoms with Crippen LogP contribution in [-0.2, 0) is 12.8 Å². The molecule has 0 spiro atoms. The first-order chi connectivity index (χ1) is 11.9. The van der Waals surface area contributed by atoms with Gasteiger partial charge in [0, 0.05) is 0 Å². The number of hydrogen-bond donors (Lipinski definition) is 1. The fraction of sp³-hybridized carbons (Fsp3) is 0.391. The van der Waals surface area contributed by atoms with E-state index in [4.69, 9.17) is 0 Å². The Labute approximate surface area is 146 Å². The van der Waals surface area contributed by atoms with Gasteiger partial charge in [0.2, 0.25) is 0 Å². The Hall–Kier alpha value is -2.02. The van der Waals surface area contributed by atoms with Gasteiger partial charge in [-0.2, -0.15) is 0 Å². The van der Waals surface area contributed by atoms with Crippen LogP contribution in [0, 0.1) is 0 Å². The number of aryl methyl sites for hydroxylation is 1. The van der Waals surface area contributed by atoms with Crippen LogP contribution in [0.1, 0.15) is 50.2 Å². The zero-order valence-corrected chi connectivity index (χ0v) is 14.8. The molecule has 1 aromatic rings. The third-order valence-electron chi connectivity index (χ3n) is 4.89. The van der Waals surface area contributed by atoms with E-state index in [2.05, 4.69) is 73.1 Å². The normalized spacial score (nSPS) is 23.6. The number of nitrogens with one attached hydrogen (secondary N) is 1. The molecule has 0 fully saturated rings. The summed E-state index contributed by atoms with van der Waals surface area (Å²) in [6.07, 6.45) is 21.8. The molecule has 0 aromatic heterocycles. The summed E-state index contributed by atoms with van der Waals surface area (Å²) in [5.74, 6) is 0. The van der Waals surface area contributed by atoms with Crippen LogP contribution in [0.4, 0.5) is 0 Å². The van der Waals surface area contributed by atoms with E-state index in [1.54, 1.807) is 0 Å². The molecule has 1 aliphatic heterocycles. The number of rotatable bonds is 5. The molecule has 3 rings (SSSR count). The third kappa shape index (κ3) is 4.50. The summed E-state index contributed by atoms with van der Waals surface area (Å²) in [6, 6.07) is 9.63. The molecule has 1 nitrogen and oxygen atoms in total. The average Bonchev–Trinajstić information content (AvgIpc) is 2.73. The zero-order valence-electron chi connectivity index (χ0n) is 14.8. The van der Waals surface area contributed by atoms with Crippen LogP contribution in [0.2, 0.25) is 0 Å². The molecule has 0 saturated heterocycles. The largest absolute Gasteiger partial charge is 0.384 e. The number of hydrogen-bond acceptors (Lipinski definition) is 1. The van der Waals surface area contributed by atoms with Gasteiger partial charge in [-0.3, -0.25) is 0 Å². The first kappa shape index (κ1) is 16.8. The van der Waals surface area contributed by atoms with Gasteiger partial charge in [0.1, 0.15) is 0 Å². The quantitative estimate of drug-likeness (QED) is 0.691. The number of unbranched alkanes of at least 4 members (excludes halogenated alkanes) is 1. The van der Waals surface area contributed by atoms with E-state index in [-0.39, 0.29) is 0 Å². The van der Waals surface area contributed by atoms with Gasteiger partial charge in [-0.15, -0.1) is 0 Å². The number of allylic oxidation sites excluding steroid dienone is 5. The van der Waals surface area contributed by atoms with Crippen molar-refractivity contribution >= 4 is 0 Å². The summed E-state index contributed by atoms with van der Waals surface area (Å²) in [4.78, 5) is 0. The van der Waals surface area contributed by atoms with Crippen molar-refractivity contribution in [2.75, 3.05) is 0 Å². The molecule has 0 bridgehead atoms. The monoisotopic (exact) mass is 319 g/mol. The third-order valence-corrected chi connectivity index (χ3v) is 4.89. The van der Waals surface area contributed by atoms with Crippen LogP contribution >= 0.6 is 0 Å². The minimum absolute atomic E-state index is 0.390. The van der Waals surface area contributed by atoms with Crippen LogP contribution < -0.4 is 5.32 Å². The second-order valence-corrected chi connectivity index (χ2v) is 6.78. The van der Waals surface area contributed by atoms with Gasteiger partial charge in [0.05, 0.1) is 6.04 Å². The molecule has 1 heteroatoms. The average molecular weight is 319 g/mol. The van der Waals surface area contributed by atoms with Crippen molar-refractivity contribution in [1.82, 2.24) is 5.32 Å². The molecule has 126 valence electrons. The van der Waals surface area contributed by atoms with Crippen LogP contribution in [-0.4, -0.2) is 6.04 Å². The minimum atomic E-state index is 0.390. The van der Waals surface area contributed by atoms with Crippen molar-refractivity contribution in [3.8, 4) is 0 Å². The maximum atomic E-state index is 3.57. The lowest BCUT2D eigenvalue weighted by atomic mass is 9.89. The highest BCUT2D eigenvalue weighted by Crippen LogP contribution is 2.25. The van der Waals surface area contributed by atoms with E-state index >= 15 is 0 Å². The lowest BCUT2D eigenvalue weighted by molar-refractivity contribution is 0.652. The molecule has 1 unspecified atom stereocenters. The molecule has 0 saturated carbocycles. The Morgan fingerprint density at radius 2 is 1.83 bits per heavy atom. The van der Waals surface area contributed by atoms with Crippen molar-refractivity contribution in [3.05, 3.63) is 83.1 Å². The summed E-state index contributed by atoms with van der Waals surface area (Å²) in [7, 11) is 0. The van der Waals surface area contributed by atoms with Crippen LogP contribution in [0.15, 0.2) is 72.0 Å². The summed E-state index contributed by atoms with van der Waals surface area (Å²) < 4.78 is 0. The fourth-order valence-electron chi connectivity index (χ4n) is 3.46. The summed E-state index contributed by atoms with van der Waals surface area (Å²) in [6.45, 7) is 2.25. The number of benzene rings is 1. The molecule has 0 amide bonds. The topological polar surface area (TPSA) is 12.0 Å². The van der Waals surface area contributed by atoms with Gasteiger partial charge >= 0.3 is 0 Å². The van der Waals surface area contributed by atoms with Crippen LogP contribution in [0.5, 0.6) is 0 Å². The van der Waals surface area contributed by atoms with E-state index in [9.17, 15) is 0 Å². The van der Waals surface area contributed by atoms with Crippen molar-refractivity contribution in [2.24, 2.45) is 0 Å². The molecule has 2 aliphatic rings. The Morgan fingerprint density at radius 3 is 2.67 bits per heavy atom. The summed E-state index contributed by atoms with van der Waals surface area (Å²) in [5.41, 5.74) is 5.74. The fourth-order valence-corrected chi connectivity index (χ4v) is 3.46. The predicted octanol–water partition coefficient (Wildman–Crippen LogP) is 5.65. The molecule has 1 aliphatic carbocycles. The van der Waals surface area contributed by atoms with E-state index in [1.807, 2.05) is 0 Å². The van der Waals surface area contributed by atoms with Gasteiger partial charge in [0.15, 0.2) is 0 Å². The molecule has 1 atom stereocenters. The smallest absolute Gasteiger partial charge is 0.0551 e. The second kappa shape index (κ2) is 8.73. The molecule has 1 heterocycles. The van der Waals surface area contributed by atoms with Crippen molar-refractivity contribution < 1.29 is 0 Å². The molecule has 1 aromatic carbocycles. The Kier molecular flexibility index (Phi) is 6.12. The van der Waals surface area contributed by atoms with E-state index in [0.29, 0.717) is 6.04 Å². The SMILES string of the molecule is CCCCc1ccc(CC2NC=C/C3=C/C/C=C\CCC=C32)cc1. The van der Waals surface area contributed by atoms with Gasteiger partial charge < -0.3 is 5.32 Å². The predicted molar refractivity (Wildman–Crippen MR) is 104 cm³/mol. The standard InChI is InChI=1S/C23H29N/c1-2-3-9-19-12-14-20(15-13-19)18-23-22-11-8-6-4-5-7-10-21(22)16-17-24-23/h4-5,10-17,23-24H,2-3,6-9,18H2,1H3/b5-4-,21-10-,22-11?. The van der Waals surface area contributed by atoms with E-state index < -0.39 is 0 Å². The highest BCUT2D eigenvalue weighted by Gasteiger charge is 2.19. The Bertz CT molecular complexity index is 643. The summed E-state index contributed by atoms with van der Waals surface area (Å²) in [5, 5.41) is 3.57. The van der Waals surface area contributed by atoms with Crippen molar-refractivity contribution in [2.45, 2.75) is 57.9 Å². The molecule has 1 N–H and O–H groups in total. The van der Waals surface area contributed by atoms with E-state index in [0.717, 1.165) is 25.7 Å². The second-order valence-electron chi connectivity index (χ2n) is 6.78. The zero-order chi connectivity index (χ0) is 16.6. The Balaban J connectivity index is 1.72. The molecule has 24 heavy (non-hydrogen) atoms. The van der Waals surface area contributed by atoms with Gasteiger partial charge in [-0.1, -0.05) is 61.9 Å². The Morgan fingerprint density at radius 1 is 1.00 bits per heavy atom. The summed E-state index contributed by atoms with van der Waals surface area (Å²) >= 11 is 0. The van der Waals surface area contributed by atoms with Gasteiger partial charge in [-0.05, 0) is 73.1 Å². The minimum Gasteiger partial charge on any atom is -0.384 e. The van der Waals surface area contributed by atoms with Gasteiger partial charge in [-0.25, -0.2) is 0 Å². The maximum Gasteiger partial charge on any atom is 0.0551 e. The van der Waals surface area contributed by atoms with Crippen molar-refractivity contribution in [1.29, 1.82) is 0 Å². The van der Waals surface area contributed by atoms with Crippen LogP contribution in [0.3, 0.4) is 0 Å². The number of fused-ring (bicyclic) bond motifs is 1. The lowest BCUT2D eigenvalue weighted by Crippen LogP contribution is -2.32. The highest BCUT2D eigenvalue weighted by atomic mass is 14.9. The lowest BCUT2D eigenvalue weighted by Gasteiger charge is -2.26. The molecular weight excluding hydrogens is 290 g/mol. The first-order valence-corrected chi connectivity index (χ1v) is 9.43. The molecule has 0 radical (unpaired) electrons. The highest BCUT2D eigenvalue weighted by molar-refractivity contribution is 5.47.